The monoisotopic (exact) mass is 398 g/mol. The maximum Gasteiger partial charge on any atom is 0.241 e. The second-order valence-corrected chi connectivity index (χ2v) is 7.62. The molecule has 5 rings (SSSR count). The van der Waals surface area contributed by atoms with Crippen molar-refractivity contribution >= 4 is 44.4 Å². The summed E-state index contributed by atoms with van der Waals surface area (Å²) < 4.78 is 2.13. The van der Waals surface area contributed by atoms with E-state index in [2.05, 4.69) is 38.9 Å². The zero-order valence-electron chi connectivity index (χ0n) is 16.8. The molecule has 0 aliphatic carbocycles. The topological polar surface area (TPSA) is 102 Å². The lowest BCUT2D eigenvalue weighted by Gasteiger charge is -2.13. The number of benzene rings is 2. The highest BCUT2D eigenvalue weighted by Crippen LogP contribution is 2.34. The van der Waals surface area contributed by atoms with Crippen molar-refractivity contribution in [2.45, 2.75) is 19.4 Å². The largest absolute Gasteiger partial charge is 0.348 e. The highest BCUT2D eigenvalue weighted by Gasteiger charge is 2.17. The number of anilines is 1. The number of fused-ring (bicyclic) bond motifs is 4. The van der Waals surface area contributed by atoms with Crippen molar-refractivity contribution < 1.29 is 4.79 Å². The van der Waals surface area contributed by atoms with E-state index in [0.717, 1.165) is 38.7 Å². The maximum absolute atomic E-state index is 12.6. The van der Waals surface area contributed by atoms with Gasteiger partial charge in [0, 0.05) is 47.2 Å². The third-order valence-electron chi connectivity index (χ3n) is 5.68. The molecule has 30 heavy (non-hydrogen) atoms. The van der Waals surface area contributed by atoms with Crippen molar-refractivity contribution in [2.24, 2.45) is 12.8 Å². The van der Waals surface area contributed by atoms with Crippen LogP contribution in [0.1, 0.15) is 11.3 Å². The first-order valence-corrected chi connectivity index (χ1v) is 9.84. The van der Waals surface area contributed by atoms with Crippen LogP contribution in [0, 0.1) is 6.92 Å². The van der Waals surface area contributed by atoms with Gasteiger partial charge in [-0.15, -0.1) is 0 Å². The fourth-order valence-electron chi connectivity index (χ4n) is 4.10. The molecule has 0 bridgehead atoms. The van der Waals surface area contributed by atoms with E-state index < -0.39 is 6.04 Å². The molecule has 0 unspecified atom stereocenters. The predicted molar refractivity (Wildman–Crippen MR) is 119 cm³/mol. The summed E-state index contributed by atoms with van der Waals surface area (Å²) in [6, 6.07) is 13.4. The molecule has 0 aliphatic heterocycles. The van der Waals surface area contributed by atoms with Gasteiger partial charge in [-0.3, -0.25) is 4.79 Å². The number of nitrogens with two attached hydrogens (primary N) is 1. The Labute approximate surface area is 172 Å². The molecule has 0 radical (unpaired) electrons. The maximum atomic E-state index is 12.6. The van der Waals surface area contributed by atoms with Crippen LogP contribution in [0.2, 0.25) is 0 Å². The third kappa shape index (κ3) is 2.91. The zero-order valence-corrected chi connectivity index (χ0v) is 16.8. The van der Waals surface area contributed by atoms with Crippen molar-refractivity contribution in [1.29, 1.82) is 0 Å². The van der Waals surface area contributed by atoms with E-state index >= 15 is 0 Å². The summed E-state index contributed by atoms with van der Waals surface area (Å²) in [5.41, 5.74) is 11.7. The van der Waals surface area contributed by atoms with Gasteiger partial charge < -0.3 is 20.6 Å². The van der Waals surface area contributed by atoms with Gasteiger partial charge in [-0.2, -0.15) is 0 Å². The number of H-pyrrole nitrogens is 1. The SMILES string of the molecule is Cc1c2cc(NC(=O)[C@@H](N)Cc3cnc[nH]3)ccc2nc2c1c1ccccc1n2C. The van der Waals surface area contributed by atoms with E-state index in [1.54, 1.807) is 12.5 Å². The molecular formula is C23H22N6O. The molecular weight excluding hydrogens is 376 g/mol. The summed E-state index contributed by atoms with van der Waals surface area (Å²) in [5, 5.41) is 6.26. The number of carbonyl (C=O) groups excluding carboxylic acids is 1. The molecule has 0 saturated heterocycles. The minimum atomic E-state index is -0.666. The Morgan fingerprint density at radius 1 is 1.23 bits per heavy atom. The predicted octanol–water partition coefficient (Wildman–Crippen LogP) is 3.42. The molecule has 7 heteroatoms. The minimum Gasteiger partial charge on any atom is -0.348 e. The minimum absolute atomic E-state index is 0.235. The van der Waals surface area contributed by atoms with Crippen LogP contribution in [0.5, 0.6) is 0 Å². The number of hydrogen-bond acceptors (Lipinski definition) is 4. The summed E-state index contributed by atoms with van der Waals surface area (Å²) in [6.45, 7) is 2.11. The molecule has 3 heterocycles. The van der Waals surface area contributed by atoms with Crippen molar-refractivity contribution in [3.63, 3.8) is 0 Å². The molecule has 150 valence electrons. The second-order valence-electron chi connectivity index (χ2n) is 7.62. The van der Waals surface area contributed by atoms with Crippen molar-refractivity contribution in [1.82, 2.24) is 19.5 Å². The number of nitrogens with zero attached hydrogens (tertiary/aromatic N) is 3. The first-order chi connectivity index (χ1) is 14.5. The number of aryl methyl sites for hydroxylation is 2. The fourth-order valence-corrected chi connectivity index (χ4v) is 4.10. The van der Waals surface area contributed by atoms with Gasteiger partial charge in [-0.25, -0.2) is 9.97 Å². The van der Waals surface area contributed by atoms with Gasteiger partial charge >= 0.3 is 0 Å². The zero-order chi connectivity index (χ0) is 20.8. The lowest BCUT2D eigenvalue weighted by atomic mass is 10.0. The van der Waals surface area contributed by atoms with Gasteiger partial charge in [-0.05, 0) is 36.8 Å². The van der Waals surface area contributed by atoms with Crippen molar-refractivity contribution in [3.8, 4) is 0 Å². The van der Waals surface area contributed by atoms with Crippen LogP contribution < -0.4 is 11.1 Å². The molecule has 0 fully saturated rings. The number of pyridine rings is 1. The van der Waals surface area contributed by atoms with Gasteiger partial charge in [0.05, 0.1) is 23.4 Å². The average molecular weight is 398 g/mol. The Balaban J connectivity index is 1.53. The quantitative estimate of drug-likeness (QED) is 0.432. The Hall–Kier alpha value is -3.71. The second kappa shape index (κ2) is 6.96. The number of rotatable bonds is 4. The highest BCUT2D eigenvalue weighted by molar-refractivity contribution is 6.13. The molecule has 0 saturated carbocycles. The summed E-state index contributed by atoms with van der Waals surface area (Å²) in [7, 11) is 2.04. The number of amides is 1. The van der Waals surface area contributed by atoms with Gasteiger partial charge in [0.15, 0.2) is 0 Å². The van der Waals surface area contributed by atoms with Crippen LogP contribution in [0.4, 0.5) is 5.69 Å². The summed E-state index contributed by atoms with van der Waals surface area (Å²) in [5.74, 6) is -0.235. The number of aromatic nitrogens is 4. The van der Waals surface area contributed by atoms with Gasteiger partial charge in [0.2, 0.25) is 5.91 Å². The van der Waals surface area contributed by atoms with Crippen molar-refractivity contribution in [2.75, 3.05) is 5.32 Å². The number of aromatic amines is 1. The molecule has 4 N–H and O–H groups in total. The molecule has 2 aromatic carbocycles. The fraction of sp³-hybridized carbons (Fsp3) is 0.174. The van der Waals surface area contributed by atoms with Gasteiger partial charge in [0.1, 0.15) is 5.65 Å². The van der Waals surface area contributed by atoms with E-state index in [1.807, 2.05) is 37.4 Å². The van der Waals surface area contributed by atoms with Gasteiger partial charge in [0.25, 0.3) is 0 Å². The number of hydrogen-bond donors (Lipinski definition) is 3. The van der Waals surface area contributed by atoms with E-state index in [9.17, 15) is 4.79 Å². The molecule has 1 atom stereocenters. The van der Waals surface area contributed by atoms with E-state index in [-0.39, 0.29) is 5.91 Å². The summed E-state index contributed by atoms with van der Waals surface area (Å²) >= 11 is 0. The third-order valence-corrected chi connectivity index (χ3v) is 5.68. The first-order valence-electron chi connectivity index (χ1n) is 9.84. The molecule has 7 nitrogen and oxygen atoms in total. The van der Waals surface area contributed by atoms with Crippen LogP contribution in [0.15, 0.2) is 55.0 Å². The molecule has 0 spiro atoms. The molecule has 3 aromatic heterocycles. The van der Waals surface area contributed by atoms with E-state index in [4.69, 9.17) is 10.7 Å². The number of imidazole rings is 1. The van der Waals surface area contributed by atoms with Gasteiger partial charge in [-0.1, -0.05) is 18.2 Å². The number of para-hydroxylation sites is 1. The van der Waals surface area contributed by atoms with Crippen LogP contribution in [-0.2, 0) is 18.3 Å². The standard InChI is InChI=1S/C23H22N6O/c1-13-17-9-14(27-23(30)18(24)10-15-11-25-12-26-15)7-8-19(17)28-22-21(13)16-5-3-4-6-20(16)29(22)2/h3-9,11-12,18H,10,24H2,1-2H3,(H,25,26)(H,27,30)/t18-/m0/s1. The summed E-state index contributed by atoms with van der Waals surface area (Å²) in [6.07, 6.45) is 3.65. The lowest BCUT2D eigenvalue weighted by molar-refractivity contribution is -0.117. The first kappa shape index (κ1) is 18.3. The van der Waals surface area contributed by atoms with Crippen molar-refractivity contribution in [3.05, 3.63) is 66.2 Å². The molecule has 0 aliphatic rings. The number of nitrogens with one attached hydrogen (secondary N) is 2. The van der Waals surface area contributed by atoms with E-state index in [1.165, 1.54) is 5.39 Å². The smallest absolute Gasteiger partial charge is 0.241 e. The van der Waals surface area contributed by atoms with E-state index in [0.29, 0.717) is 12.1 Å². The normalized spacial score (nSPS) is 12.6. The Morgan fingerprint density at radius 2 is 2.07 bits per heavy atom. The Kier molecular flexibility index (Phi) is 4.25. The van der Waals surface area contributed by atoms with Crippen LogP contribution >= 0.6 is 0 Å². The number of carbonyl (C=O) groups is 1. The lowest BCUT2D eigenvalue weighted by Crippen LogP contribution is -2.37. The van der Waals surface area contributed by atoms with Crippen LogP contribution in [-0.4, -0.2) is 31.5 Å². The Morgan fingerprint density at radius 3 is 2.87 bits per heavy atom. The Bertz CT molecular complexity index is 1400. The average Bonchev–Trinajstić information content (AvgIpc) is 3.35. The summed E-state index contributed by atoms with van der Waals surface area (Å²) in [4.78, 5) is 24.4. The van der Waals surface area contributed by atoms with Crippen LogP contribution in [0.3, 0.4) is 0 Å². The highest BCUT2D eigenvalue weighted by atomic mass is 16.2. The van der Waals surface area contributed by atoms with Crippen LogP contribution in [0.25, 0.3) is 32.8 Å². The molecule has 5 aromatic rings. The molecule has 1 amide bonds.